The number of hydrogen-bond acceptors (Lipinski definition) is 4. The number of hydrogen-bond donors (Lipinski definition) is 0. The molecule has 2 saturated carbocycles. The molecule has 0 aromatic heterocycles. The number of halogens is 1. The fourth-order valence-corrected chi connectivity index (χ4v) is 7.03. The summed E-state index contributed by atoms with van der Waals surface area (Å²) in [5.41, 5.74) is 1.70. The molecule has 1 aromatic carbocycles. The lowest BCUT2D eigenvalue weighted by molar-refractivity contribution is -0.132. The number of amides is 2. The molecule has 2 amide bonds. The second-order valence-electron chi connectivity index (χ2n) is 8.79. The summed E-state index contributed by atoms with van der Waals surface area (Å²) in [7, 11) is -1.87. The number of fused-ring (bicyclic) bond motifs is 1. The van der Waals surface area contributed by atoms with Crippen molar-refractivity contribution in [3.63, 3.8) is 0 Å². The van der Waals surface area contributed by atoms with Crippen LogP contribution in [0.25, 0.3) is 0 Å². The summed E-state index contributed by atoms with van der Waals surface area (Å²) >= 11 is 3.40. The summed E-state index contributed by atoms with van der Waals surface area (Å²) in [5.74, 6) is -0.152. The zero-order chi connectivity index (χ0) is 21.5. The molecule has 30 heavy (non-hydrogen) atoms. The molecule has 0 radical (unpaired) electrons. The second-order valence-corrected chi connectivity index (χ2v) is 11.7. The molecule has 0 bridgehead atoms. The van der Waals surface area contributed by atoms with Crippen LogP contribution < -0.4 is 4.90 Å². The molecule has 2 aliphatic carbocycles. The van der Waals surface area contributed by atoms with E-state index in [9.17, 15) is 18.0 Å². The predicted octanol–water partition coefficient (Wildman–Crippen LogP) is 3.70. The van der Waals surface area contributed by atoms with Crippen LogP contribution in [0.5, 0.6) is 0 Å². The van der Waals surface area contributed by atoms with Crippen LogP contribution in [0, 0.1) is 5.92 Å². The van der Waals surface area contributed by atoms with Crippen LogP contribution in [0.4, 0.5) is 5.69 Å². The lowest BCUT2D eigenvalue weighted by Gasteiger charge is -2.31. The fourth-order valence-electron chi connectivity index (χ4n) is 4.59. The summed E-state index contributed by atoms with van der Waals surface area (Å²) in [4.78, 5) is 28.8. The summed E-state index contributed by atoms with van der Waals surface area (Å²) < 4.78 is 26.7. The molecule has 1 aliphatic heterocycles. The molecule has 8 heteroatoms. The van der Waals surface area contributed by atoms with Crippen LogP contribution in [-0.2, 0) is 25.8 Å². The zero-order valence-corrected chi connectivity index (χ0v) is 19.8. The maximum Gasteiger partial charge on any atom is 0.230 e. The molecule has 0 N–H and O–H groups in total. The number of carbonyl (C=O) groups is 2. The molecule has 0 atom stereocenters. The third-order valence-electron chi connectivity index (χ3n) is 6.66. The van der Waals surface area contributed by atoms with Crippen molar-refractivity contribution >= 4 is 43.3 Å². The fraction of sp³-hybridized carbons (Fsp3) is 0.636. The van der Waals surface area contributed by atoms with E-state index in [-0.39, 0.29) is 40.8 Å². The third-order valence-corrected chi connectivity index (χ3v) is 9.32. The summed E-state index contributed by atoms with van der Waals surface area (Å²) in [5, 5.41) is 0. The van der Waals surface area contributed by atoms with Crippen LogP contribution >= 0.6 is 15.9 Å². The Morgan fingerprint density at radius 3 is 2.50 bits per heavy atom. The van der Waals surface area contributed by atoms with E-state index in [0.717, 1.165) is 50.5 Å². The topological polar surface area (TPSA) is 74.8 Å². The van der Waals surface area contributed by atoms with Crippen molar-refractivity contribution in [2.75, 3.05) is 24.2 Å². The normalized spacial score (nSPS) is 19.6. The number of carbonyl (C=O) groups excluding carboxylic acids is 2. The smallest absolute Gasteiger partial charge is 0.230 e. The summed E-state index contributed by atoms with van der Waals surface area (Å²) in [6.45, 7) is 0.602. The van der Waals surface area contributed by atoms with E-state index in [1.807, 2.05) is 6.07 Å². The van der Waals surface area contributed by atoms with Crippen LogP contribution in [0.1, 0.15) is 56.9 Å². The average Bonchev–Trinajstić information content (AvgIpc) is 3.51. The lowest BCUT2D eigenvalue weighted by Crippen LogP contribution is -2.38. The first-order valence-electron chi connectivity index (χ1n) is 10.9. The van der Waals surface area contributed by atoms with Gasteiger partial charge < -0.3 is 9.80 Å². The Labute approximate surface area is 187 Å². The standard InChI is InChI=1S/C22H29BrN2O4S/c1-24(17-5-3-2-4-6-17)21(26)10-12-30(28,29)20-14-19-16(13-18(20)23)9-11-25(19)22(27)15-7-8-15/h13-15,17H,2-12H2,1H3. The molecule has 2 fully saturated rings. The van der Waals surface area contributed by atoms with Gasteiger partial charge in [-0.15, -0.1) is 0 Å². The number of rotatable bonds is 6. The number of benzene rings is 1. The van der Waals surface area contributed by atoms with Gasteiger partial charge in [0.2, 0.25) is 11.8 Å². The van der Waals surface area contributed by atoms with Gasteiger partial charge in [-0.05, 0) is 65.7 Å². The van der Waals surface area contributed by atoms with Gasteiger partial charge >= 0.3 is 0 Å². The molecule has 3 aliphatic rings. The Morgan fingerprint density at radius 1 is 1.13 bits per heavy atom. The van der Waals surface area contributed by atoms with E-state index < -0.39 is 9.84 Å². The third kappa shape index (κ3) is 4.44. The molecule has 0 spiro atoms. The Bertz CT molecular complexity index is 952. The molecule has 4 rings (SSSR count). The zero-order valence-electron chi connectivity index (χ0n) is 17.4. The number of nitrogens with zero attached hydrogens (tertiary/aromatic N) is 2. The van der Waals surface area contributed by atoms with Gasteiger partial charge in [-0.2, -0.15) is 0 Å². The molecule has 1 aromatic rings. The van der Waals surface area contributed by atoms with E-state index in [1.54, 1.807) is 22.9 Å². The maximum atomic E-state index is 13.1. The highest BCUT2D eigenvalue weighted by atomic mass is 79.9. The number of sulfone groups is 1. The van der Waals surface area contributed by atoms with Crippen molar-refractivity contribution in [2.24, 2.45) is 5.92 Å². The van der Waals surface area contributed by atoms with Crippen molar-refractivity contribution in [3.8, 4) is 0 Å². The van der Waals surface area contributed by atoms with E-state index in [4.69, 9.17) is 0 Å². The average molecular weight is 497 g/mol. The van der Waals surface area contributed by atoms with Gasteiger partial charge in [-0.1, -0.05) is 19.3 Å². The van der Waals surface area contributed by atoms with Gasteiger partial charge in [-0.25, -0.2) is 8.42 Å². The minimum Gasteiger partial charge on any atom is -0.343 e. The predicted molar refractivity (Wildman–Crippen MR) is 119 cm³/mol. The first kappa shape index (κ1) is 21.8. The van der Waals surface area contributed by atoms with Crippen LogP contribution in [0.15, 0.2) is 21.5 Å². The Morgan fingerprint density at radius 2 is 1.83 bits per heavy atom. The van der Waals surface area contributed by atoms with Gasteiger partial charge in [0.1, 0.15) is 0 Å². The molecule has 1 heterocycles. The van der Waals surface area contributed by atoms with Gasteiger partial charge in [-0.3, -0.25) is 9.59 Å². The Balaban J connectivity index is 1.48. The van der Waals surface area contributed by atoms with E-state index >= 15 is 0 Å². The minimum absolute atomic E-state index is 0.0242. The van der Waals surface area contributed by atoms with Crippen molar-refractivity contribution in [1.29, 1.82) is 0 Å². The molecule has 6 nitrogen and oxygen atoms in total. The molecule has 0 unspecified atom stereocenters. The van der Waals surface area contributed by atoms with E-state index in [0.29, 0.717) is 16.7 Å². The minimum atomic E-state index is -3.66. The van der Waals surface area contributed by atoms with Crippen molar-refractivity contribution < 1.29 is 18.0 Å². The first-order valence-corrected chi connectivity index (χ1v) is 13.3. The van der Waals surface area contributed by atoms with E-state index in [1.165, 1.54) is 6.42 Å². The number of anilines is 1. The molecule has 164 valence electrons. The molecular formula is C22H29BrN2O4S. The van der Waals surface area contributed by atoms with Crippen molar-refractivity contribution in [3.05, 3.63) is 22.2 Å². The second kappa shape index (κ2) is 8.61. The Kier molecular flexibility index (Phi) is 6.26. The van der Waals surface area contributed by atoms with Gasteiger partial charge in [0.25, 0.3) is 0 Å². The largest absolute Gasteiger partial charge is 0.343 e. The summed E-state index contributed by atoms with van der Waals surface area (Å²) in [6.07, 6.45) is 8.00. The van der Waals surface area contributed by atoms with Crippen LogP contribution in [0.2, 0.25) is 0 Å². The van der Waals surface area contributed by atoms with E-state index in [2.05, 4.69) is 15.9 Å². The Hall–Kier alpha value is -1.41. The highest BCUT2D eigenvalue weighted by Gasteiger charge is 2.37. The van der Waals surface area contributed by atoms with Crippen LogP contribution in [-0.4, -0.2) is 50.5 Å². The maximum absolute atomic E-state index is 13.1. The van der Waals surface area contributed by atoms with Gasteiger partial charge in [0, 0.05) is 42.1 Å². The SMILES string of the molecule is CN(C(=O)CCS(=O)(=O)c1cc2c(cc1Br)CCN2C(=O)C1CC1)C1CCCCC1. The lowest BCUT2D eigenvalue weighted by atomic mass is 9.94. The highest BCUT2D eigenvalue weighted by Crippen LogP contribution is 2.39. The monoisotopic (exact) mass is 496 g/mol. The first-order chi connectivity index (χ1) is 14.3. The quantitative estimate of drug-likeness (QED) is 0.601. The summed E-state index contributed by atoms with van der Waals surface area (Å²) in [6, 6.07) is 3.66. The van der Waals surface area contributed by atoms with Crippen molar-refractivity contribution in [2.45, 2.75) is 68.7 Å². The molecule has 0 saturated heterocycles. The van der Waals surface area contributed by atoms with Gasteiger partial charge in [0.05, 0.1) is 10.6 Å². The van der Waals surface area contributed by atoms with Crippen LogP contribution in [0.3, 0.4) is 0 Å². The van der Waals surface area contributed by atoms with Crippen molar-refractivity contribution in [1.82, 2.24) is 4.90 Å². The van der Waals surface area contributed by atoms with Gasteiger partial charge in [0.15, 0.2) is 9.84 Å². The highest BCUT2D eigenvalue weighted by molar-refractivity contribution is 9.10. The molecular weight excluding hydrogens is 468 g/mol.